The van der Waals surface area contributed by atoms with Gasteiger partial charge in [-0.25, -0.2) is 4.98 Å². The molecular formula is C42H28BClN2O2S2. The maximum Gasteiger partial charge on any atom is 0.489 e. The van der Waals surface area contributed by atoms with E-state index in [9.17, 15) is 10.0 Å². The Morgan fingerprint density at radius 3 is 1.62 bits per heavy atom. The van der Waals surface area contributed by atoms with E-state index in [-0.39, 0.29) is 0 Å². The summed E-state index contributed by atoms with van der Waals surface area (Å²) in [6.07, 6.45) is 3.62. The molecule has 0 fully saturated rings. The van der Waals surface area contributed by atoms with Crippen molar-refractivity contribution in [2.24, 2.45) is 0 Å². The highest BCUT2D eigenvalue weighted by molar-refractivity contribution is 7.27. The first-order valence-electron chi connectivity index (χ1n) is 16.1. The van der Waals surface area contributed by atoms with E-state index in [2.05, 4.69) is 83.8 Å². The average Bonchev–Trinajstić information content (AvgIpc) is 3.74. The van der Waals surface area contributed by atoms with Crippen LogP contribution in [0.4, 0.5) is 0 Å². The first-order valence-corrected chi connectivity index (χ1v) is 18.1. The monoisotopic (exact) mass is 702 g/mol. The third kappa shape index (κ3) is 6.11. The predicted molar refractivity (Wildman–Crippen MR) is 216 cm³/mol. The summed E-state index contributed by atoms with van der Waals surface area (Å²) in [6, 6.07) is 49.3. The van der Waals surface area contributed by atoms with Gasteiger partial charge in [-0.05, 0) is 45.9 Å². The fourth-order valence-electron chi connectivity index (χ4n) is 6.32. The summed E-state index contributed by atoms with van der Waals surface area (Å²) in [5.41, 5.74) is 2.87. The Balaban J connectivity index is 0.000000116. The van der Waals surface area contributed by atoms with Crippen molar-refractivity contribution in [3.8, 4) is 11.3 Å². The number of halogens is 1. The number of fused-ring (bicyclic) bond motifs is 8. The van der Waals surface area contributed by atoms with Crippen LogP contribution in [0.25, 0.3) is 73.1 Å². The largest absolute Gasteiger partial charge is 0.489 e. The molecule has 0 radical (unpaired) electrons. The molecule has 10 aromatic rings. The van der Waals surface area contributed by atoms with Crippen LogP contribution in [-0.2, 0) is 0 Å². The fourth-order valence-corrected chi connectivity index (χ4v) is 9.00. The van der Waals surface area contributed by atoms with Crippen molar-refractivity contribution in [1.82, 2.24) is 9.97 Å². The van der Waals surface area contributed by atoms with Crippen LogP contribution in [0.2, 0.25) is 5.15 Å². The summed E-state index contributed by atoms with van der Waals surface area (Å²) in [5.74, 6) is 0. The van der Waals surface area contributed by atoms with Gasteiger partial charge in [0.15, 0.2) is 0 Å². The van der Waals surface area contributed by atoms with Crippen molar-refractivity contribution >= 4 is 109 Å². The summed E-state index contributed by atoms with van der Waals surface area (Å²) in [7, 11) is -1.41. The van der Waals surface area contributed by atoms with E-state index >= 15 is 0 Å². The quantitative estimate of drug-likeness (QED) is 0.139. The molecule has 0 aliphatic carbocycles. The fraction of sp³-hybridized carbons (Fsp3) is 0. The molecule has 4 aromatic heterocycles. The van der Waals surface area contributed by atoms with Crippen molar-refractivity contribution in [1.29, 1.82) is 0 Å². The van der Waals surface area contributed by atoms with Crippen molar-refractivity contribution in [3.63, 3.8) is 0 Å². The lowest BCUT2D eigenvalue weighted by Crippen LogP contribution is -2.29. The number of aromatic nitrogens is 2. The maximum atomic E-state index is 9.31. The van der Waals surface area contributed by atoms with Gasteiger partial charge in [-0.2, -0.15) is 0 Å². The second kappa shape index (κ2) is 14.0. The third-order valence-electron chi connectivity index (χ3n) is 8.67. The van der Waals surface area contributed by atoms with Crippen LogP contribution in [0.1, 0.15) is 0 Å². The van der Waals surface area contributed by atoms with Gasteiger partial charge in [-0.3, -0.25) is 4.98 Å². The van der Waals surface area contributed by atoms with Crippen LogP contribution in [0.15, 0.2) is 158 Å². The van der Waals surface area contributed by atoms with E-state index in [1.165, 1.54) is 46.6 Å². The Morgan fingerprint density at radius 2 is 0.960 bits per heavy atom. The summed E-state index contributed by atoms with van der Waals surface area (Å²) in [4.78, 5) is 8.68. The third-order valence-corrected chi connectivity index (χ3v) is 11.4. The number of thiophene rings is 2. The number of benzene rings is 6. The smallest absolute Gasteiger partial charge is 0.423 e. The molecule has 0 saturated carbocycles. The topological polar surface area (TPSA) is 66.2 Å². The molecule has 0 spiro atoms. The lowest BCUT2D eigenvalue weighted by molar-refractivity contribution is 0.426. The zero-order chi connectivity index (χ0) is 34.0. The normalized spacial score (nSPS) is 11.1. The van der Waals surface area contributed by atoms with E-state index in [0.29, 0.717) is 10.6 Å². The molecule has 6 aromatic carbocycles. The molecule has 50 heavy (non-hydrogen) atoms. The van der Waals surface area contributed by atoms with E-state index in [1.54, 1.807) is 23.6 Å². The molecule has 0 aliphatic heterocycles. The molecule has 0 unspecified atom stereocenters. The van der Waals surface area contributed by atoms with E-state index < -0.39 is 7.12 Å². The molecule has 4 nitrogen and oxygen atoms in total. The van der Waals surface area contributed by atoms with Crippen LogP contribution in [0.3, 0.4) is 0 Å². The first-order chi connectivity index (χ1) is 24.6. The van der Waals surface area contributed by atoms with Crippen LogP contribution in [0, 0.1) is 0 Å². The van der Waals surface area contributed by atoms with Gasteiger partial charge in [-0.1, -0.05) is 133 Å². The maximum absolute atomic E-state index is 9.31. The Labute approximate surface area is 301 Å². The van der Waals surface area contributed by atoms with Gasteiger partial charge in [0.1, 0.15) is 5.15 Å². The van der Waals surface area contributed by atoms with Crippen molar-refractivity contribution in [2.45, 2.75) is 0 Å². The highest BCUT2D eigenvalue weighted by atomic mass is 35.5. The highest BCUT2D eigenvalue weighted by Crippen LogP contribution is 2.40. The van der Waals surface area contributed by atoms with Crippen LogP contribution < -0.4 is 5.46 Å². The molecule has 0 bridgehead atoms. The number of hydrogen-bond donors (Lipinski definition) is 2. The minimum atomic E-state index is -1.41. The molecule has 8 heteroatoms. The zero-order valence-electron chi connectivity index (χ0n) is 26.6. The van der Waals surface area contributed by atoms with Gasteiger partial charge in [0.25, 0.3) is 0 Å². The molecule has 2 N–H and O–H groups in total. The molecule has 0 amide bonds. The summed E-state index contributed by atoms with van der Waals surface area (Å²) >= 11 is 9.29. The molecule has 0 aliphatic rings. The lowest BCUT2D eigenvalue weighted by atomic mass is 9.80. The second-order valence-electron chi connectivity index (χ2n) is 11.7. The Bertz CT molecular complexity index is 2790. The van der Waals surface area contributed by atoms with Gasteiger partial charge < -0.3 is 10.0 Å². The molecule has 240 valence electrons. The van der Waals surface area contributed by atoms with Crippen LogP contribution in [-0.4, -0.2) is 27.1 Å². The zero-order valence-corrected chi connectivity index (χ0v) is 29.0. The Kier molecular flexibility index (Phi) is 8.98. The molecule has 10 rings (SSSR count). The molecule has 0 saturated heterocycles. The van der Waals surface area contributed by atoms with Gasteiger partial charge in [0.2, 0.25) is 0 Å². The number of nitrogens with zero attached hydrogens (tertiary/aromatic N) is 2. The molecule has 4 heterocycles. The van der Waals surface area contributed by atoms with E-state index in [0.717, 1.165) is 26.6 Å². The molecule has 0 atom stereocenters. The number of hydrogen-bond acceptors (Lipinski definition) is 6. The highest BCUT2D eigenvalue weighted by Gasteiger charge is 2.17. The minimum absolute atomic E-state index is 0.572. The number of pyridine rings is 2. The SMILES string of the molecule is Clc1nccc2ccccc12.OB(O)c1cccc2c1sc1ccccc12.c1ccc2c(-c3cccc4c3sc3ccccc34)nccc2c1. The molecular weight excluding hydrogens is 675 g/mol. The Hall–Kier alpha value is -5.15. The van der Waals surface area contributed by atoms with Gasteiger partial charge in [-0.15, -0.1) is 22.7 Å². The summed E-state index contributed by atoms with van der Waals surface area (Å²) in [6.45, 7) is 0. The lowest BCUT2D eigenvalue weighted by Gasteiger charge is -2.07. The van der Waals surface area contributed by atoms with Crippen LogP contribution >= 0.6 is 34.3 Å². The first kappa shape index (κ1) is 32.1. The van der Waals surface area contributed by atoms with Gasteiger partial charge in [0, 0.05) is 63.7 Å². The number of rotatable bonds is 2. The van der Waals surface area contributed by atoms with Crippen molar-refractivity contribution < 1.29 is 10.0 Å². The van der Waals surface area contributed by atoms with E-state index in [4.69, 9.17) is 16.6 Å². The summed E-state index contributed by atoms with van der Waals surface area (Å²) in [5, 5.41) is 28.7. The van der Waals surface area contributed by atoms with Gasteiger partial charge in [0.05, 0.1) is 5.69 Å². The second-order valence-corrected chi connectivity index (χ2v) is 14.1. The van der Waals surface area contributed by atoms with E-state index in [1.807, 2.05) is 78.2 Å². The predicted octanol–water partition coefficient (Wildman–Crippen LogP) is 10.9. The van der Waals surface area contributed by atoms with Crippen LogP contribution in [0.5, 0.6) is 0 Å². The van der Waals surface area contributed by atoms with Crippen molar-refractivity contribution in [2.75, 3.05) is 0 Å². The minimum Gasteiger partial charge on any atom is -0.423 e. The van der Waals surface area contributed by atoms with Crippen molar-refractivity contribution in [3.05, 3.63) is 163 Å². The summed E-state index contributed by atoms with van der Waals surface area (Å²) < 4.78 is 4.78. The standard InChI is InChI=1S/C21H13NS.C12H9BO2S.C9H6ClN/c1-2-7-15-14(6-1)12-13-22-20(15)18-10-5-9-17-16-8-3-4-11-19(16)23-21(17)18;14-13(15)10-6-3-5-9-8-4-1-2-7-11(8)16-12(9)10;10-9-8-4-2-1-3-7(8)5-6-11-9/h1-13H;1-7,14-15H;1-6H. The van der Waals surface area contributed by atoms with Gasteiger partial charge >= 0.3 is 7.12 Å². The Morgan fingerprint density at radius 1 is 0.460 bits per heavy atom. The average molecular weight is 703 g/mol.